The van der Waals surface area contributed by atoms with Crippen LogP contribution in [0.1, 0.15) is 16.7 Å². The average Bonchev–Trinajstić information content (AvgIpc) is 2.42. The number of sulfonamides is 1. The molecule has 1 heterocycles. The molecule has 0 N–H and O–H groups in total. The molecule has 0 bridgehead atoms. The Balaban J connectivity index is 2.32. The van der Waals surface area contributed by atoms with E-state index in [1.54, 1.807) is 25.5 Å². The summed E-state index contributed by atoms with van der Waals surface area (Å²) in [5.74, 6) is 0. The molecule has 2 rings (SSSR count). The van der Waals surface area contributed by atoms with E-state index in [1.165, 1.54) is 4.31 Å². The lowest BCUT2D eigenvalue weighted by Crippen LogP contribution is -2.27. The van der Waals surface area contributed by atoms with Gasteiger partial charge in [0.05, 0.1) is 4.90 Å². The summed E-state index contributed by atoms with van der Waals surface area (Å²) in [7, 11) is -1.88. The van der Waals surface area contributed by atoms with E-state index in [0.717, 1.165) is 16.7 Å². The van der Waals surface area contributed by atoms with Crippen LogP contribution < -0.4 is 0 Å². The molecule has 0 saturated carbocycles. The summed E-state index contributed by atoms with van der Waals surface area (Å²) in [6.45, 7) is 4.03. The second-order valence-electron chi connectivity index (χ2n) is 4.89. The zero-order valence-electron chi connectivity index (χ0n) is 11.9. The second kappa shape index (κ2) is 5.73. The zero-order chi connectivity index (χ0) is 14.8. The Hall–Kier alpha value is -1.72. The molecule has 5 heteroatoms. The largest absolute Gasteiger partial charge is 0.265 e. The van der Waals surface area contributed by atoms with Crippen LogP contribution in [0.4, 0.5) is 0 Å². The molecule has 0 amide bonds. The Kier molecular flexibility index (Phi) is 4.20. The smallest absolute Gasteiger partial charge is 0.243 e. The van der Waals surface area contributed by atoms with Crippen molar-refractivity contribution in [2.75, 3.05) is 7.05 Å². The lowest BCUT2D eigenvalue weighted by atomic mass is 10.2. The molecular formula is C15H18N2O2S. The fraction of sp³-hybridized carbons (Fsp3) is 0.267. The van der Waals surface area contributed by atoms with Gasteiger partial charge in [0.25, 0.3) is 0 Å². The SMILES string of the molecule is Cc1ccc(C)c(S(=O)(=O)N(C)Cc2ccncc2)c1. The molecule has 0 unspecified atom stereocenters. The summed E-state index contributed by atoms with van der Waals surface area (Å²) in [5.41, 5.74) is 2.61. The number of hydrogen-bond donors (Lipinski definition) is 0. The van der Waals surface area contributed by atoms with Crippen LogP contribution in [0.5, 0.6) is 0 Å². The first-order chi connectivity index (χ1) is 9.41. The maximum absolute atomic E-state index is 12.6. The number of rotatable bonds is 4. The van der Waals surface area contributed by atoms with Gasteiger partial charge in [0.2, 0.25) is 10.0 Å². The van der Waals surface area contributed by atoms with E-state index in [0.29, 0.717) is 11.4 Å². The highest BCUT2D eigenvalue weighted by Gasteiger charge is 2.22. The number of aromatic nitrogens is 1. The topological polar surface area (TPSA) is 50.3 Å². The van der Waals surface area contributed by atoms with Gasteiger partial charge in [-0.1, -0.05) is 12.1 Å². The lowest BCUT2D eigenvalue weighted by Gasteiger charge is -2.19. The Morgan fingerprint density at radius 1 is 1.10 bits per heavy atom. The van der Waals surface area contributed by atoms with Crippen LogP contribution in [0, 0.1) is 13.8 Å². The molecule has 1 aromatic carbocycles. The molecule has 0 fully saturated rings. The van der Waals surface area contributed by atoms with Gasteiger partial charge in [0.1, 0.15) is 0 Å². The molecule has 0 atom stereocenters. The summed E-state index contributed by atoms with van der Waals surface area (Å²) >= 11 is 0. The highest BCUT2D eigenvalue weighted by atomic mass is 32.2. The van der Waals surface area contributed by atoms with Crippen LogP contribution >= 0.6 is 0 Å². The van der Waals surface area contributed by atoms with Crippen molar-refractivity contribution >= 4 is 10.0 Å². The Morgan fingerprint density at radius 3 is 2.40 bits per heavy atom. The van der Waals surface area contributed by atoms with Crippen LogP contribution in [-0.4, -0.2) is 24.8 Å². The molecule has 0 aliphatic heterocycles. The van der Waals surface area contributed by atoms with E-state index in [1.807, 2.05) is 38.1 Å². The van der Waals surface area contributed by atoms with Crippen LogP contribution in [0.25, 0.3) is 0 Å². The first-order valence-corrected chi connectivity index (χ1v) is 7.78. The Morgan fingerprint density at radius 2 is 1.75 bits per heavy atom. The minimum Gasteiger partial charge on any atom is -0.265 e. The summed E-state index contributed by atoms with van der Waals surface area (Å²) < 4.78 is 26.6. The van der Waals surface area contributed by atoms with Crippen molar-refractivity contribution in [3.63, 3.8) is 0 Å². The first kappa shape index (κ1) is 14.7. The van der Waals surface area contributed by atoms with E-state index >= 15 is 0 Å². The number of benzene rings is 1. The summed E-state index contributed by atoms with van der Waals surface area (Å²) in [4.78, 5) is 4.30. The van der Waals surface area contributed by atoms with Gasteiger partial charge in [0.15, 0.2) is 0 Å². The van der Waals surface area contributed by atoms with Crippen molar-refractivity contribution in [3.8, 4) is 0 Å². The average molecular weight is 290 g/mol. The molecule has 1 aromatic heterocycles. The van der Waals surface area contributed by atoms with Gasteiger partial charge < -0.3 is 0 Å². The quantitative estimate of drug-likeness (QED) is 0.869. The van der Waals surface area contributed by atoms with Crippen LogP contribution in [0.15, 0.2) is 47.6 Å². The minimum absolute atomic E-state index is 0.332. The normalized spacial score (nSPS) is 11.8. The van der Waals surface area contributed by atoms with E-state index in [4.69, 9.17) is 0 Å². The van der Waals surface area contributed by atoms with Gasteiger partial charge in [-0.3, -0.25) is 4.98 Å². The fourth-order valence-electron chi connectivity index (χ4n) is 1.98. The van der Waals surface area contributed by atoms with E-state index < -0.39 is 10.0 Å². The van der Waals surface area contributed by atoms with Crippen LogP contribution in [0.2, 0.25) is 0 Å². The van der Waals surface area contributed by atoms with Gasteiger partial charge in [-0.15, -0.1) is 0 Å². The van der Waals surface area contributed by atoms with Crippen LogP contribution in [0.3, 0.4) is 0 Å². The van der Waals surface area contributed by atoms with Gasteiger partial charge in [0, 0.05) is 26.0 Å². The number of nitrogens with zero attached hydrogens (tertiary/aromatic N) is 2. The zero-order valence-corrected chi connectivity index (χ0v) is 12.7. The summed E-state index contributed by atoms with van der Waals surface area (Å²) in [6, 6.07) is 9.09. The third-order valence-corrected chi connectivity index (χ3v) is 5.13. The first-order valence-electron chi connectivity index (χ1n) is 6.34. The maximum atomic E-state index is 12.6. The highest BCUT2D eigenvalue weighted by Crippen LogP contribution is 2.21. The molecular weight excluding hydrogens is 272 g/mol. The van der Waals surface area contributed by atoms with Crippen molar-refractivity contribution in [3.05, 3.63) is 59.4 Å². The molecule has 0 aliphatic rings. The molecule has 0 radical (unpaired) electrons. The minimum atomic E-state index is -3.48. The van der Waals surface area contributed by atoms with Gasteiger partial charge >= 0.3 is 0 Å². The van der Waals surface area contributed by atoms with Crippen LogP contribution in [-0.2, 0) is 16.6 Å². The summed E-state index contributed by atoms with van der Waals surface area (Å²) in [6.07, 6.45) is 3.32. The molecule has 0 spiro atoms. The van der Waals surface area contributed by atoms with Gasteiger partial charge in [-0.2, -0.15) is 4.31 Å². The van der Waals surface area contributed by atoms with Crippen molar-refractivity contribution < 1.29 is 8.42 Å². The molecule has 0 saturated heterocycles. The van der Waals surface area contributed by atoms with E-state index in [9.17, 15) is 8.42 Å². The Bertz CT molecular complexity index is 697. The maximum Gasteiger partial charge on any atom is 0.243 e. The van der Waals surface area contributed by atoms with Crippen molar-refractivity contribution in [2.24, 2.45) is 0 Å². The predicted octanol–water partition coefficient (Wildman–Crippen LogP) is 2.52. The van der Waals surface area contributed by atoms with Gasteiger partial charge in [-0.25, -0.2) is 8.42 Å². The second-order valence-corrected chi connectivity index (χ2v) is 6.90. The number of hydrogen-bond acceptors (Lipinski definition) is 3. The summed E-state index contributed by atoms with van der Waals surface area (Å²) in [5, 5.41) is 0. The van der Waals surface area contributed by atoms with Crippen molar-refractivity contribution in [1.29, 1.82) is 0 Å². The fourth-order valence-corrected chi connectivity index (χ4v) is 3.45. The van der Waals surface area contributed by atoms with E-state index in [-0.39, 0.29) is 0 Å². The monoisotopic (exact) mass is 290 g/mol. The molecule has 4 nitrogen and oxygen atoms in total. The van der Waals surface area contributed by atoms with Crippen molar-refractivity contribution in [1.82, 2.24) is 9.29 Å². The molecule has 0 aliphatic carbocycles. The Labute approximate surface area is 120 Å². The number of aryl methyl sites for hydroxylation is 2. The number of pyridine rings is 1. The highest BCUT2D eigenvalue weighted by molar-refractivity contribution is 7.89. The van der Waals surface area contributed by atoms with E-state index in [2.05, 4.69) is 4.98 Å². The van der Waals surface area contributed by atoms with Crippen molar-refractivity contribution in [2.45, 2.75) is 25.3 Å². The predicted molar refractivity (Wildman–Crippen MR) is 78.8 cm³/mol. The third-order valence-electron chi connectivity index (χ3n) is 3.19. The molecule has 106 valence electrons. The molecule has 2 aromatic rings. The molecule has 20 heavy (non-hydrogen) atoms. The lowest BCUT2D eigenvalue weighted by molar-refractivity contribution is 0.466. The standard InChI is InChI=1S/C15H18N2O2S/c1-12-4-5-13(2)15(10-12)20(18,19)17(3)11-14-6-8-16-9-7-14/h4-10H,11H2,1-3H3. The van der Waals surface area contributed by atoms with Gasteiger partial charge in [-0.05, 0) is 48.7 Å². The third kappa shape index (κ3) is 3.05.